The molecule has 1 aromatic rings. The van der Waals surface area contributed by atoms with E-state index in [0.29, 0.717) is 22.1 Å². The quantitative estimate of drug-likeness (QED) is 0.909. The van der Waals surface area contributed by atoms with Crippen molar-refractivity contribution in [3.63, 3.8) is 0 Å². The van der Waals surface area contributed by atoms with E-state index in [0.717, 1.165) is 32.8 Å². The average Bonchev–Trinajstić information content (AvgIpc) is 2.97. The lowest BCUT2D eigenvalue weighted by atomic mass is 10.1. The Labute approximate surface area is 134 Å². The van der Waals surface area contributed by atoms with Crippen molar-refractivity contribution in [2.24, 2.45) is 0 Å². The Morgan fingerprint density at radius 3 is 2.91 bits per heavy atom. The molecular weight excluding hydrogens is 308 g/mol. The summed E-state index contributed by atoms with van der Waals surface area (Å²) in [5.41, 5.74) is 0.475. The summed E-state index contributed by atoms with van der Waals surface area (Å²) >= 11 is 6.10. The molecule has 2 heterocycles. The Morgan fingerprint density at radius 2 is 2.14 bits per heavy atom. The summed E-state index contributed by atoms with van der Waals surface area (Å²) in [5, 5.41) is 3.38. The highest BCUT2D eigenvalue weighted by molar-refractivity contribution is 6.32. The maximum Gasteiger partial charge on any atom is 0.251 e. The van der Waals surface area contributed by atoms with E-state index in [1.54, 1.807) is 12.1 Å². The van der Waals surface area contributed by atoms with E-state index in [1.807, 2.05) is 6.92 Å². The van der Waals surface area contributed by atoms with Crippen molar-refractivity contribution >= 4 is 17.5 Å². The van der Waals surface area contributed by atoms with Crippen LogP contribution in [0, 0.1) is 0 Å². The number of morpholine rings is 1. The highest BCUT2D eigenvalue weighted by Crippen LogP contribution is 2.39. The van der Waals surface area contributed by atoms with Crippen LogP contribution in [0.5, 0.6) is 11.5 Å². The molecule has 1 aromatic carbocycles. The molecule has 0 aromatic heterocycles. The molecule has 1 atom stereocenters. The molecule has 2 aliphatic heterocycles. The summed E-state index contributed by atoms with van der Waals surface area (Å²) in [6.45, 7) is 6.21. The predicted molar refractivity (Wildman–Crippen MR) is 81.8 cm³/mol. The van der Waals surface area contributed by atoms with Gasteiger partial charge in [-0.25, -0.2) is 0 Å². The molecule has 120 valence electrons. The van der Waals surface area contributed by atoms with Crippen LogP contribution in [0.25, 0.3) is 0 Å². The Kier molecular flexibility index (Phi) is 4.71. The lowest BCUT2D eigenvalue weighted by Gasteiger charge is -2.29. The lowest BCUT2D eigenvalue weighted by molar-refractivity contribution is 0.0342. The lowest BCUT2D eigenvalue weighted by Crippen LogP contribution is -2.46. The smallest absolute Gasteiger partial charge is 0.251 e. The van der Waals surface area contributed by atoms with Gasteiger partial charge >= 0.3 is 0 Å². The van der Waals surface area contributed by atoms with Crippen LogP contribution in [0.2, 0.25) is 5.02 Å². The summed E-state index contributed by atoms with van der Waals surface area (Å²) in [6.07, 6.45) is 0. The number of carbonyl (C=O) groups excluding carboxylic acids is 1. The maximum absolute atomic E-state index is 12.3. The number of halogens is 1. The highest BCUT2D eigenvalue weighted by atomic mass is 35.5. The molecule has 7 heteroatoms. The molecule has 1 amide bonds. The summed E-state index contributed by atoms with van der Waals surface area (Å²) in [5.74, 6) is 0.846. The first-order chi connectivity index (χ1) is 10.6. The van der Waals surface area contributed by atoms with E-state index in [9.17, 15) is 4.79 Å². The highest BCUT2D eigenvalue weighted by Gasteiger charge is 2.22. The Hall–Kier alpha value is -1.50. The van der Waals surface area contributed by atoms with Crippen LogP contribution in [0.15, 0.2) is 12.1 Å². The molecule has 0 spiro atoms. The monoisotopic (exact) mass is 326 g/mol. The molecule has 2 aliphatic rings. The number of carbonyl (C=O) groups is 1. The fourth-order valence-electron chi connectivity index (χ4n) is 2.62. The largest absolute Gasteiger partial charge is 0.454 e. The molecule has 1 N–H and O–H groups in total. The summed E-state index contributed by atoms with van der Waals surface area (Å²) in [6, 6.07) is 3.30. The van der Waals surface area contributed by atoms with Gasteiger partial charge in [0.1, 0.15) is 0 Å². The molecule has 0 saturated carbocycles. The first kappa shape index (κ1) is 15.4. The van der Waals surface area contributed by atoms with Gasteiger partial charge in [-0.15, -0.1) is 0 Å². The Bertz CT molecular complexity index is 561. The zero-order valence-electron chi connectivity index (χ0n) is 12.4. The van der Waals surface area contributed by atoms with E-state index >= 15 is 0 Å². The van der Waals surface area contributed by atoms with Crippen LogP contribution >= 0.6 is 11.6 Å². The summed E-state index contributed by atoms with van der Waals surface area (Å²) in [4.78, 5) is 14.6. The van der Waals surface area contributed by atoms with Crippen molar-refractivity contribution in [2.45, 2.75) is 13.0 Å². The van der Waals surface area contributed by atoms with Gasteiger partial charge in [-0.3, -0.25) is 9.69 Å². The summed E-state index contributed by atoms with van der Waals surface area (Å²) in [7, 11) is 0. The maximum atomic E-state index is 12.3. The van der Waals surface area contributed by atoms with Gasteiger partial charge in [0.05, 0.1) is 18.2 Å². The number of nitrogens with zero attached hydrogens (tertiary/aromatic N) is 1. The third-order valence-electron chi connectivity index (χ3n) is 3.70. The molecule has 0 radical (unpaired) electrons. The van der Waals surface area contributed by atoms with Crippen molar-refractivity contribution in [2.75, 3.05) is 39.6 Å². The van der Waals surface area contributed by atoms with Crippen LogP contribution in [0.1, 0.15) is 17.3 Å². The van der Waals surface area contributed by atoms with Crippen molar-refractivity contribution in [3.05, 3.63) is 22.7 Å². The Balaban J connectivity index is 1.60. The Morgan fingerprint density at radius 1 is 1.36 bits per heavy atom. The molecule has 1 fully saturated rings. The van der Waals surface area contributed by atoms with Crippen LogP contribution < -0.4 is 14.8 Å². The number of amides is 1. The fourth-order valence-corrected chi connectivity index (χ4v) is 2.89. The molecule has 0 unspecified atom stereocenters. The number of rotatable bonds is 4. The second-order valence-corrected chi connectivity index (χ2v) is 5.89. The first-order valence-corrected chi connectivity index (χ1v) is 7.71. The van der Waals surface area contributed by atoms with Gasteiger partial charge < -0.3 is 19.5 Å². The van der Waals surface area contributed by atoms with E-state index in [-0.39, 0.29) is 18.7 Å². The number of ether oxygens (including phenoxy) is 3. The number of hydrogen-bond acceptors (Lipinski definition) is 5. The first-order valence-electron chi connectivity index (χ1n) is 7.33. The van der Waals surface area contributed by atoms with Crippen molar-refractivity contribution in [1.82, 2.24) is 10.2 Å². The average molecular weight is 327 g/mol. The molecule has 6 nitrogen and oxygen atoms in total. The van der Waals surface area contributed by atoms with Gasteiger partial charge in [0, 0.05) is 31.2 Å². The van der Waals surface area contributed by atoms with Gasteiger partial charge in [0.15, 0.2) is 11.5 Å². The minimum absolute atomic E-state index is 0.0369. The van der Waals surface area contributed by atoms with Gasteiger partial charge in [-0.05, 0) is 19.1 Å². The molecule has 22 heavy (non-hydrogen) atoms. The minimum atomic E-state index is -0.166. The normalized spacial score (nSPS) is 19.0. The molecule has 3 rings (SSSR count). The van der Waals surface area contributed by atoms with Gasteiger partial charge in [-0.2, -0.15) is 0 Å². The zero-order valence-corrected chi connectivity index (χ0v) is 13.2. The van der Waals surface area contributed by atoms with Crippen LogP contribution in [-0.2, 0) is 4.74 Å². The van der Waals surface area contributed by atoms with E-state index in [2.05, 4.69) is 10.2 Å². The second kappa shape index (κ2) is 6.73. The minimum Gasteiger partial charge on any atom is -0.454 e. The van der Waals surface area contributed by atoms with Crippen LogP contribution in [0.4, 0.5) is 0 Å². The molecule has 0 aliphatic carbocycles. The van der Waals surface area contributed by atoms with Crippen LogP contribution in [-0.4, -0.2) is 56.5 Å². The fraction of sp³-hybridized carbons (Fsp3) is 0.533. The number of benzene rings is 1. The topological polar surface area (TPSA) is 60.0 Å². The van der Waals surface area contributed by atoms with Gasteiger partial charge in [0.25, 0.3) is 5.91 Å². The third-order valence-corrected chi connectivity index (χ3v) is 3.98. The second-order valence-electron chi connectivity index (χ2n) is 5.48. The van der Waals surface area contributed by atoms with Crippen LogP contribution in [0.3, 0.4) is 0 Å². The SMILES string of the molecule is C[C@@H](CN1CCOCC1)NC(=O)c1cc(Cl)c2c(c1)OCO2. The zero-order chi connectivity index (χ0) is 15.5. The number of fused-ring (bicyclic) bond motifs is 1. The summed E-state index contributed by atoms with van der Waals surface area (Å²) < 4.78 is 15.8. The standard InChI is InChI=1S/C15H19ClN2O4/c1-10(8-18-2-4-20-5-3-18)17-15(19)11-6-12(16)14-13(7-11)21-9-22-14/h6-7,10H,2-5,8-9H2,1H3,(H,17,19)/t10-/m0/s1. The van der Waals surface area contributed by atoms with Crippen molar-refractivity contribution in [1.29, 1.82) is 0 Å². The number of hydrogen-bond donors (Lipinski definition) is 1. The molecule has 0 bridgehead atoms. The van der Waals surface area contributed by atoms with E-state index in [4.69, 9.17) is 25.8 Å². The van der Waals surface area contributed by atoms with E-state index in [1.165, 1.54) is 0 Å². The third kappa shape index (κ3) is 3.45. The predicted octanol–water partition coefficient (Wildman–Crippen LogP) is 1.52. The molecular formula is C15H19ClN2O4. The molecule has 1 saturated heterocycles. The van der Waals surface area contributed by atoms with Gasteiger partial charge in [0.2, 0.25) is 6.79 Å². The number of nitrogens with one attached hydrogen (secondary N) is 1. The van der Waals surface area contributed by atoms with Crippen molar-refractivity contribution in [3.8, 4) is 11.5 Å². The van der Waals surface area contributed by atoms with Gasteiger partial charge in [-0.1, -0.05) is 11.6 Å². The van der Waals surface area contributed by atoms with Crippen molar-refractivity contribution < 1.29 is 19.0 Å². The van der Waals surface area contributed by atoms with E-state index < -0.39 is 0 Å².